The molecule has 2 bridgehead atoms. The molecule has 3 saturated heterocycles. The number of amides is 1. The molecule has 4 heterocycles. The van der Waals surface area contributed by atoms with Crippen LogP contribution in [-0.4, -0.2) is 55.7 Å². The van der Waals surface area contributed by atoms with Crippen molar-refractivity contribution in [3.05, 3.63) is 22.2 Å². The molecule has 4 aliphatic heterocycles. The fourth-order valence-electron chi connectivity index (χ4n) is 4.48. The van der Waals surface area contributed by atoms with Crippen LogP contribution >= 0.6 is 15.9 Å². The molecule has 6 heteroatoms. The third-order valence-corrected chi connectivity index (χ3v) is 6.12. The Morgan fingerprint density at radius 3 is 2.68 bits per heavy atom. The number of carbonyl (C=O) groups excluding carboxylic acids is 1. The highest BCUT2D eigenvalue weighted by molar-refractivity contribution is 9.10. The second-order valence-electron chi connectivity index (χ2n) is 8.24. The van der Waals surface area contributed by atoms with Gasteiger partial charge in [0.25, 0.3) is 5.91 Å². The Hall–Kier alpha value is -1.27. The summed E-state index contributed by atoms with van der Waals surface area (Å²) in [6, 6.07) is 4.15. The molecule has 0 spiro atoms. The van der Waals surface area contributed by atoms with Gasteiger partial charge in [0.15, 0.2) is 5.75 Å². The minimum absolute atomic E-state index is 0.0256. The number of nitrogens with zero attached hydrogens (tertiary/aromatic N) is 2. The standard InChI is InChI=1S/C19H26BrN3O2/c1-19(2)11-22(3)16-9-13(20)8-14(17(16)25-19)18(24)21-15-10-23-6-4-12(15)5-7-23/h8-9,12,15H,4-7,10-11H2,1-3H3,(H,21,24). The smallest absolute Gasteiger partial charge is 0.255 e. The van der Waals surface area contributed by atoms with Gasteiger partial charge < -0.3 is 19.9 Å². The number of likely N-dealkylation sites (N-methyl/N-ethyl adjacent to an activating group) is 1. The monoisotopic (exact) mass is 407 g/mol. The van der Waals surface area contributed by atoms with Crippen LogP contribution in [0.5, 0.6) is 5.75 Å². The SMILES string of the molecule is CN1CC(C)(C)Oc2c(C(=O)NC3CN4CCC3CC4)cc(Br)cc21. The van der Waals surface area contributed by atoms with E-state index in [4.69, 9.17) is 4.74 Å². The van der Waals surface area contributed by atoms with Crippen LogP contribution in [0.3, 0.4) is 0 Å². The van der Waals surface area contributed by atoms with Crippen molar-refractivity contribution in [3.8, 4) is 5.75 Å². The van der Waals surface area contributed by atoms with Crippen LogP contribution in [0.2, 0.25) is 0 Å². The van der Waals surface area contributed by atoms with Gasteiger partial charge in [0.1, 0.15) is 5.60 Å². The molecule has 1 N–H and O–H groups in total. The number of hydrogen-bond acceptors (Lipinski definition) is 4. The van der Waals surface area contributed by atoms with Crippen molar-refractivity contribution in [2.45, 2.75) is 38.3 Å². The number of hydrogen-bond donors (Lipinski definition) is 1. The van der Waals surface area contributed by atoms with Crippen molar-refractivity contribution in [3.63, 3.8) is 0 Å². The summed E-state index contributed by atoms with van der Waals surface area (Å²) in [5.41, 5.74) is 1.27. The summed E-state index contributed by atoms with van der Waals surface area (Å²) < 4.78 is 7.12. The van der Waals surface area contributed by atoms with Crippen molar-refractivity contribution < 1.29 is 9.53 Å². The van der Waals surface area contributed by atoms with Crippen LogP contribution in [0.1, 0.15) is 37.0 Å². The molecule has 1 aromatic carbocycles. The summed E-state index contributed by atoms with van der Waals surface area (Å²) >= 11 is 3.55. The van der Waals surface area contributed by atoms with Crippen LogP contribution in [-0.2, 0) is 0 Å². The van der Waals surface area contributed by atoms with Crippen LogP contribution < -0.4 is 15.0 Å². The molecule has 1 aromatic rings. The molecule has 0 aliphatic carbocycles. The predicted octanol–water partition coefficient (Wildman–Crippen LogP) is 2.88. The van der Waals surface area contributed by atoms with Gasteiger partial charge in [0.05, 0.1) is 17.8 Å². The Morgan fingerprint density at radius 1 is 1.32 bits per heavy atom. The van der Waals surface area contributed by atoms with Crippen molar-refractivity contribution in [2.75, 3.05) is 38.1 Å². The zero-order valence-corrected chi connectivity index (χ0v) is 16.7. The topological polar surface area (TPSA) is 44.8 Å². The van der Waals surface area contributed by atoms with E-state index in [0.717, 1.165) is 23.2 Å². The lowest BCUT2D eigenvalue weighted by Gasteiger charge is -2.45. The van der Waals surface area contributed by atoms with E-state index < -0.39 is 0 Å². The highest BCUT2D eigenvalue weighted by atomic mass is 79.9. The molecule has 136 valence electrons. The maximum atomic E-state index is 13.1. The molecule has 0 aromatic heterocycles. The molecule has 0 saturated carbocycles. The third-order valence-electron chi connectivity index (χ3n) is 5.66. The van der Waals surface area contributed by atoms with Gasteiger partial charge in [-0.1, -0.05) is 15.9 Å². The van der Waals surface area contributed by atoms with Gasteiger partial charge in [-0.15, -0.1) is 0 Å². The maximum Gasteiger partial charge on any atom is 0.255 e. The van der Waals surface area contributed by atoms with E-state index >= 15 is 0 Å². The lowest BCUT2D eigenvalue weighted by molar-refractivity contribution is 0.0611. The fraction of sp³-hybridized carbons (Fsp3) is 0.632. The Bertz CT molecular complexity index is 698. The normalized spacial score (nSPS) is 29.8. The molecule has 1 unspecified atom stereocenters. The van der Waals surface area contributed by atoms with E-state index in [2.05, 4.69) is 44.9 Å². The maximum absolute atomic E-state index is 13.1. The Labute approximate surface area is 157 Å². The Balaban J connectivity index is 1.62. The molecule has 1 amide bonds. The summed E-state index contributed by atoms with van der Waals surface area (Å²) in [6.45, 7) is 8.22. The lowest BCUT2D eigenvalue weighted by Crippen LogP contribution is -2.57. The highest BCUT2D eigenvalue weighted by Gasteiger charge is 2.37. The Kier molecular flexibility index (Phi) is 4.23. The number of ether oxygens (including phenoxy) is 1. The average Bonchev–Trinajstić information content (AvgIpc) is 2.55. The van der Waals surface area contributed by atoms with E-state index in [1.165, 1.54) is 25.9 Å². The van der Waals surface area contributed by atoms with Crippen LogP contribution in [0.15, 0.2) is 16.6 Å². The molecular weight excluding hydrogens is 382 g/mol. The van der Waals surface area contributed by atoms with E-state index in [1.807, 2.05) is 19.2 Å². The number of rotatable bonds is 2. The number of benzene rings is 1. The van der Waals surface area contributed by atoms with Gasteiger partial charge in [-0.3, -0.25) is 4.79 Å². The molecule has 3 fully saturated rings. The van der Waals surface area contributed by atoms with Crippen molar-refractivity contribution in [2.24, 2.45) is 5.92 Å². The van der Waals surface area contributed by atoms with Crippen LogP contribution in [0, 0.1) is 5.92 Å². The van der Waals surface area contributed by atoms with Crippen molar-refractivity contribution in [1.82, 2.24) is 10.2 Å². The minimum Gasteiger partial charge on any atom is -0.483 e. The number of piperidine rings is 3. The molecule has 0 radical (unpaired) electrons. The van der Waals surface area contributed by atoms with Crippen LogP contribution in [0.4, 0.5) is 5.69 Å². The first-order valence-electron chi connectivity index (χ1n) is 9.09. The molecule has 1 atom stereocenters. The number of nitrogens with one attached hydrogen (secondary N) is 1. The molecule has 4 aliphatic rings. The van der Waals surface area contributed by atoms with Crippen LogP contribution in [0.25, 0.3) is 0 Å². The van der Waals surface area contributed by atoms with Gasteiger partial charge in [0, 0.05) is 24.1 Å². The number of carbonyl (C=O) groups is 1. The van der Waals surface area contributed by atoms with E-state index in [9.17, 15) is 4.79 Å². The second kappa shape index (κ2) is 6.16. The number of fused-ring (bicyclic) bond motifs is 4. The summed E-state index contributed by atoms with van der Waals surface area (Å²) in [6.07, 6.45) is 2.38. The lowest BCUT2D eigenvalue weighted by atomic mass is 9.84. The van der Waals surface area contributed by atoms with E-state index in [0.29, 0.717) is 17.2 Å². The predicted molar refractivity (Wildman–Crippen MR) is 103 cm³/mol. The quantitative estimate of drug-likeness (QED) is 0.818. The van der Waals surface area contributed by atoms with Gasteiger partial charge in [-0.25, -0.2) is 0 Å². The average molecular weight is 408 g/mol. The van der Waals surface area contributed by atoms with Crippen molar-refractivity contribution in [1.29, 1.82) is 0 Å². The molecule has 5 nitrogen and oxygen atoms in total. The summed E-state index contributed by atoms with van der Waals surface area (Å²) in [7, 11) is 2.05. The zero-order chi connectivity index (χ0) is 17.8. The first kappa shape index (κ1) is 17.2. The van der Waals surface area contributed by atoms with Gasteiger partial charge in [-0.2, -0.15) is 0 Å². The van der Waals surface area contributed by atoms with E-state index in [1.54, 1.807) is 0 Å². The first-order valence-corrected chi connectivity index (χ1v) is 9.89. The number of anilines is 1. The first-order chi connectivity index (χ1) is 11.8. The van der Waals surface area contributed by atoms with Crippen molar-refractivity contribution >= 4 is 27.5 Å². The molecular formula is C19H26BrN3O2. The Morgan fingerprint density at radius 2 is 2.04 bits per heavy atom. The van der Waals surface area contributed by atoms with E-state index in [-0.39, 0.29) is 17.6 Å². The fourth-order valence-corrected chi connectivity index (χ4v) is 4.92. The molecule has 25 heavy (non-hydrogen) atoms. The third kappa shape index (κ3) is 3.26. The largest absolute Gasteiger partial charge is 0.483 e. The summed E-state index contributed by atoms with van der Waals surface area (Å²) in [5, 5.41) is 3.29. The van der Waals surface area contributed by atoms with Gasteiger partial charge in [0.2, 0.25) is 0 Å². The summed E-state index contributed by atoms with van der Waals surface area (Å²) in [4.78, 5) is 17.7. The van der Waals surface area contributed by atoms with Gasteiger partial charge in [-0.05, 0) is 57.8 Å². The minimum atomic E-state index is -0.319. The molecule has 5 rings (SSSR count). The second-order valence-corrected chi connectivity index (χ2v) is 9.15. The summed E-state index contributed by atoms with van der Waals surface area (Å²) in [5.74, 6) is 1.28. The number of halogens is 1. The zero-order valence-electron chi connectivity index (χ0n) is 15.1. The van der Waals surface area contributed by atoms with Gasteiger partial charge >= 0.3 is 0 Å². The highest BCUT2D eigenvalue weighted by Crippen LogP contribution is 2.41.